The number of hydrazine groups is 1. The van der Waals surface area contributed by atoms with Gasteiger partial charge in [-0.1, -0.05) is 6.07 Å². The van der Waals surface area contributed by atoms with Gasteiger partial charge < -0.3 is 5.43 Å². The van der Waals surface area contributed by atoms with Crippen LogP contribution in [0.4, 0.5) is 0 Å². The maximum absolute atomic E-state index is 5.45. The summed E-state index contributed by atoms with van der Waals surface area (Å²) in [5, 5.41) is 0. The van der Waals surface area contributed by atoms with E-state index in [9.17, 15) is 0 Å². The molecule has 1 heterocycles. The summed E-state index contributed by atoms with van der Waals surface area (Å²) in [7, 11) is 0. The van der Waals surface area contributed by atoms with Crippen LogP contribution in [0.25, 0.3) is 11.0 Å². The second-order valence-corrected chi connectivity index (χ2v) is 3.20. The Morgan fingerprint density at radius 2 is 2.19 bits per heavy atom. The molecule has 0 unspecified atom stereocenters. The molecule has 5 nitrogen and oxygen atoms in total. The zero-order chi connectivity index (χ0) is 11.4. The van der Waals surface area contributed by atoms with E-state index in [0.29, 0.717) is 12.4 Å². The molecule has 1 aromatic heterocycles. The van der Waals surface area contributed by atoms with Gasteiger partial charge in [-0.15, -0.1) is 0 Å². The Morgan fingerprint density at radius 1 is 1.38 bits per heavy atom. The van der Waals surface area contributed by atoms with E-state index >= 15 is 0 Å². The quantitative estimate of drug-likeness (QED) is 0.337. The zero-order valence-corrected chi connectivity index (χ0v) is 9.01. The number of benzene rings is 1. The van der Waals surface area contributed by atoms with Crippen molar-refractivity contribution in [2.75, 3.05) is 6.54 Å². The van der Waals surface area contributed by atoms with E-state index in [0.717, 1.165) is 16.6 Å². The minimum Gasteiger partial charge on any atom is -0.308 e. The molecule has 2 rings (SSSR count). The predicted molar refractivity (Wildman–Crippen MR) is 63.9 cm³/mol. The lowest BCUT2D eigenvalue weighted by Gasteiger charge is -2.07. The molecular weight excluding hydrogens is 202 g/mol. The highest BCUT2D eigenvalue weighted by atomic mass is 15.2. The fourth-order valence-electron chi connectivity index (χ4n) is 1.55. The Bertz CT molecular complexity index is 515. The van der Waals surface area contributed by atoms with Gasteiger partial charge in [0.15, 0.2) is 0 Å². The minimum absolute atomic E-state index is 0.633. The molecule has 3 N–H and O–H groups in total. The van der Waals surface area contributed by atoms with E-state index < -0.39 is 0 Å². The average molecular weight is 215 g/mol. The molecule has 0 aliphatic heterocycles. The zero-order valence-electron chi connectivity index (χ0n) is 9.01. The van der Waals surface area contributed by atoms with Gasteiger partial charge in [-0.25, -0.2) is 5.84 Å². The Morgan fingerprint density at radius 3 is 2.94 bits per heavy atom. The van der Waals surface area contributed by atoms with Crippen LogP contribution in [0, 0.1) is 0 Å². The Balaban J connectivity index is 2.64. The molecule has 5 heteroatoms. The number of amidine groups is 1. The van der Waals surface area contributed by atoms with E-state index in [2.05, 4.69) is 20.4 Å². The molecule has 0 fully saturated rings. The van der Waals surface area contributed by atoms with Gasteiger partial charge in [0.1, 0.15) is 5.84 Å². The van der Waals surface area contributed by atoms with Gasteiger partial charge in [-0.05, 0) is 19.1 Å². The molecule has 0 amide bonds. The highest BCUT2D eigenvalue weighted by Crippen LogP contribution is 2.13. The average Bonchev–Trinajstić information content (AvgIpc) is 2.35. The largest absolute Gasteiger partial charge is 0.308 e. The smallest absolute Gasteiger partial charge is 0.144 e. The highest BCUT2D eigenvalue weighted by Gasteiger charge is 2.07. The second-order valence-electron chi connectivity index (χ2n) is 3.20. The van der Waals surface area contributed by atoms with Gasteiger partial charge in [0.05, 0.1) is 11.0 Å². The molecule has 0 saturated carbocycles. The maximum Gasteiger partial charge on any atom is 0.144 e. The van der Waals surface area contributed by atoms with Gasteiger partial charge >= 0.3 is 0 Å². The van der Waals surface area contributed by atoms with Crippen molar-refractivity contribution in [2.45, 2.75) is 6.92 Å². The lowest BCUT2D eigenvalue weighted by Crippen LogP contribution is -2.31. The molecule has 0 saturated heterocycles. The molecule has 16 heavy (non-hydrogen) atoms. The lowest BCUT2D eigenvalue weighted by atomic mass is 10.1. The van der Waals surface area contributed by atoms with E-state index in [1.165, 1.54) is 0 Å². The van der Waals surface area contributed by atoms with Crippen LogP contribution in [-0.2, 0) is 0 Å². The van der Waals surface area contributed by atoms with E-state index in [4.69, 9.17) is 5.84 Å². The highest BCUT2D eigenvalue weighted by molar-refractivity contribution is 6.07. The third-order valence-corrected chi connectivity index (χ3v) is 2.21. The number of nitrogens with one attached hydrogen (secondary N) is 1. The number of aliphatic imine (C=N–C) groups is 1. The SMILES string of the molecule is CCN=C(NN)c1cccc2nccnc12. The normalized spacial score (nSPS) is 11.8. The van der Waals surface area contributed by atoms with Gasteiger partial charge in [-0.3, -0.25) is 15.0 Å². The lowest BCUT2D eigenvalue weighted by molar-refractivity contribution is 0.992. The second kappa shape index (κ2) is 4.67. The van der Waals surface area contributed by atoms with Crippen molar-refractivity contribution in [3.8, 4) is 0 Å². The number of fused-ring (bicyclic) bond motifs is 1. The Labute approximate surface area is 93.4 Å². The summed E-state index contributed by atoms with van der Waals surface area (Å²) in [5.41, 5.74) is 5.10. The first-order valence-corrected chi connectivity index (χ1v) is 5.08. The first-order valence-electron chi connectivity index (χ1n) is 5.08. The standard InChI is InChI=1S/C11H13N5/c1-2-13-11(16-12)8-4-3-5-9-10(8)15-7-6-14-9/h3-7H,2,12H2,1H3,(H,13,16). The fraction of sp³-hybridized carbons (Fsp3) is 0.182. The first-order chi connectivity index (χ1) is 7.86. The summed E-state index contributed by atoms with van der Waals surface area (Å²) >= 11 is 0. The maximum atomic E-state index is 5.45. The molecule has 0 radical (unpaired) electrons. The molecule has 2 aromatic rings. The molecular formula is C11H13N5. The number of aromatic nitrogens is 2. The summed E-state index contributed by atoms with van der Waals surface area (Å²) in [6.07, 6.45) is 3.32. The topological polar surface area (TPSA) is 76.2 Å². The van der Waals surface area contributed by atoms with E-state index in [1.807, 2.05) is 25.1 Å². The van der Waals surface area contributed by atoms with Crippen molar-refractivity contribution < 1.29 is 0 Å². The molecule has 0 aliphatic carbocycles. The summed E-state index contributed by atoms with van der Waals surface area (Å²) in [4.78, 5) is 12.8. The number of nitrogens with two attached hydrogens (primary N) is 1. The van der Waals surface area contributed by atoms with Crippen LogP contribution in [0.3, 0.4) is 0 Å². The van der Waals surface area contributed by atoms with Crippen molar-refractivity contribution in [1.29, 1.82) is 0 Å². The van der Waals surface area contributed by atoms with Crippen molar-refractivity contribution >= 4 is 16.9 Å². The van der Waals surface area contributed by atoms with Gasteiger partial charge in [-0.2, -0.15) is 0 Å². The van der Waals surface area contributed by atoms with Crippen molar-refractivity contribution in [3.05, 3.63) is 36.2 Å². The van der Waals surface area contributed by atoms with E-state index in [-0.39, 0.29) is 0 Å². The predicted octanol–water partition coefficient (Wildman–Crippen LogP) is 0.860. The fourth-order valence-corrected chi connectivity index (χ4v) is 1.55. The molecule has 0 spiro atoms. The number of nitrogens with zero attached hydrogens (tertiary/aromatic N) is 3. The number of hydrogen-bond acceptors (Lipinski definition) is 4. The third kappa shape index (κ3) is 1.85. The summed E-state index contributed by atoms with van der Waals surface area (Å²) in [5.74, 6) is 6.09. The van der Waals surface area contributed by atoms with Crippen LogP contribution in [0.1, 0.15) is 12.5 Å². The number of para-hydroxylation sites is 1. The number of rotatable bonds is 2. The van der Waals surface area contributed by atoms with Crippen LogP contribution in [0.5, 0.6) is 0 Å². The summed E-state index contributed by atoms with van der Waals surface area (Å²) in [6.45, 7) is 2.62. The van der Waals surface area contributed by atoms with Crippen LogP contribution < -0.4 is 11.3 Å². The van der Waals surface area contributed by atoms with Crippen molar-refractivity contribution in [3.63, 3.8) is 0 Å². The van der Waals surface area contributed by atoms with Crippen molar-refractivity contribution in [1.82, 2.24) is 15.4 Å². The monoisotopic (exact) mass is 215 g/mol. The minimum atomic E-state index is 0.633. The van der Waals surface area contributed by atoms with Gasteiger partial charge in [0.2, 0.25) is 0 Å². The third-order valence-electron chi connectivity index (χ3n) is 2.21. The molecule has 1 aromatic carbocycles. The summed E-state index contributed by atoms with van der Waals surface area (Å²) in [6, 6.07) is 5.74. The molecule has 0 bridgehead atoms. The molecule has 0 atom stereocenters. The number of hydrogen-bond donors (Lipinski definition) is 2. The van der Waals surface area contributed by atoms with Crippen molar-refractivity contribution in [2.24, 2.45) is 10.8 Å². The molecule has 82 valence electrons. The Kier molecular flexibility index (Phi) is 3.07. The summed E-state index contributed by atoms with van der Waals surface area (Å²) < 4.78 is 0. The van der Waals surface area contributed by atoms with Crippen LogP contribution in [-0.4, -0.2) is 22.3 Å². The Hall–Kier alpha value is -2.01. The van der Waals surface area contributed by atoms with Crippen LogP contribution >= 0.6 is 0 Å². The van der Waals surface area contributed by atoms with E-state index in [1.54, 1.807) is 12.4 Å². The molecule has 0 aliphatic rings. The van der Waals surface area contributed by atoms with Crippen LogP contribution in [0.2, 0.25) is 0 Å². The van der Waals surface area contributed by atoms with Crippen LogP contribution in [0.15, 0.2) is 35.6 Å². The van der Waals surface area contributed by atoms with Gasteiger partial charge in [0, 0.05) is 24.5 Å². The first kappa shape index (κ1) is 10.5. The van der Waals surface area contributed by atoms with Gasteiger partial charge in [0.25, 0.3) is 0 Å².